The van der Waals surface area contributed by atoms with E-state index >= 15 is 0 Å². The van der Waals surface area contributed by atoms with Gasteiger partial charge in [-0.2, -0.15) is 0 Å². The first-order valence-electron chi connectivity index (χ1n) is 3.87. The van der Waals surface area contributed by atoms with Gasteiger partial charge in [0.1, 0.15) is 5.75 Å². The van der Waals surface area contributed by atoms with Gasteiger partial charge >= 0.3 is 6.09 Å². The van der Waals surface area contributed by atoms with E-state index in [1.54, 1.807) is 17.5 Å². The Morgan fingerprint density at radius 1 is 1.43 bits per heavy atom. The van der Waals surface area contributed by atoms with E-state index in [1.807, 2.05) is 0 Å². The second-order valence-electron chi connectivity index (χ2n) is 2.76. The molecule has 4 nitrogen and oxygen atoms in total. The fourth-order valence-corrected chi connectivity index (χ4v) is 2.15. The van der Waals surface area contributed by atoms with E-state index in [0.717, 1.165) is 10.1 Å². The lowest BCUT2D eigenvalue weighted by atomic mass is 10.2. The van der Waals surface area contributed by atoms with Crippen LogP contribution in [0.3, 0.4) is 0 Å². The quantitative estimate of drug-likeness (QED) is 0.676. The summed E-state index contributed by atoms with van der Waals surface area (Å²) in [7, 11) is 0. The maximum atomic E-state index is 10.4. The van der Waals surface area contributed by atoms with Crippen LogP contribution in [0.25, 0.3) is 10.1 Å². The first-order valence-corrected chi connectivity index (χ1v) is 4.75. The number of amides is 1. The zero-order valence-corrected chi connectivity index (χ0v) is 7.84. The fraction of sp³-hybridized carbons (Fsp3) is 0. The summed E-state index contributed by atoms with van der Waals surface area (Å²) in [5.74, 6) is 0.182. The maximum absolute atomic E-state index is 10.4. The second-order valence-corrected chi connectivity index (χ2v) is 3.67. The van der Waals surface area contributed by atoms with Crippen molar-refractivity contribution in [1.29, 1.82) is 0 Å². The lowest BCUT2D eigenvalue weighted by Crippen LogP contribution is -2.06. The number of benzene rings is 1. The topological polar surface area (TPSA) is 69.6 Å². The number of aromatic hydroxyl groups is 1. The number of nitrogens with one attached hydrogen (secondary N) is 1. The van der Waals surface area contributed by atoms with Gasteiger partial charge in [0, 0.05) is 15.5 Å². The van der Waals surface area contributed by atoms with Gasteiger partial charge in [-0.15, -0.1) is 11.3 Å². The van der Waals surface area contributed by atoms with Gasteiger partial charge in [0.05, 0.1) is 5.69 Å². The number of phenolic OH excluding ortho intramolecular Hbond substituents is 1. The predicted molar refractivity (Wildman–Crippen MR) is 55.1 cm³/mol. The molecule has 0 aliphatic rings. The molecule has 0 fully saturated rings. The fourth-order valence-electron chi connectivity index (χ4n) is 1.23. The molecule has 5 heteroatoms. The summed E-state index contributed by atoms with van der Waals surface area (Å²) >= 11 is 1.38. The number of thiophene rings is 1. The van der Waals surface area contributed by atoms with Crippen molar-refractivity contribution < 1.29 is 15.0 Å². The van der Waals surface area contributed by atoms with Gasteiger partial charge < -0.3 is 10.2 Å². The molecule has 1 aromatic carbocycles. The van der Waals surface area contributed by atoms with Crippen LogP contribution in [0.15, 0.2) is 23.6 Å². The molecular formula is C9H7NO3S. The van der Waals surface area contributed by atoms with Gasteiger partial charge in [0.2, 0.25) is 0 Å². The monoisotopic (exact) mass is 209 g/mol. The summed E-state index contributed by atoms with van der Waals surface area (Å²) in [5, 5.41) is 22.5. The van der Waals surface area contributed by atoms with Crippen molar-refractivity contribution in [1.82, 2.24) is 0 Å². The van der Waals surface area contributed by atoms with E-state index in [1.165, 1.54) is 17.4 Å². The van der Waals surface area contributed by atoms with Gasteiger partial charge in [0.15, 0.2) is 0 Å². The van der Waals surface area contributed by atoms with Crippen molar-refractivity contribution in [2.45, 2.75) is 0 Å². The molecule has 0 aliphatic heterocycles. The third-order valence-corrected chi connectivity index (χ3v) is 2.75. The molecule has 1 heterocycles. The third-order valence-electron chi connectivity index (χ3n) is 1.80. The summed E-state index contributed by atoms with van der Waals surface area (Å²) in [6.45, 7) is 0. The Hall–Kier alpha value is -1.75. The lowest BCUT2D eigenvalue weighted by molar-refractivity contribution is 0.210. The lowest BCUT2D eigenvalue weighted by Gasteiger charge is -1.97. The molecule has 0 atom stereocenters. The molecule has 0 bridgehead atoms. The predicted octanol–water partition coefficient (Wildman–Crippen LogP) is 2.70. The van der Waals surface area contributed by atoms with Crippen molar-refractivity contribution in [2.24, 2.45) is 0 Å². The number of fused-ring (bicyclic) bond motifs is 1. The van der Waals surface area contributed by atoms with Crippen LogP contribution in [0, 0.1) is 0 Å². The Kier molecular flexibility index (Phi) is 2.01. The highest BCUT2D eigenvalue weighted by Crippen LogP contribution is 2.32. The minimum absolute atomic E-state index is 0.182. The number of anilines is 1. The first-order chi connectivity index (χ1) is 6.66. The number of phenols is 1. The standard InChI is InChI=1S/C9H7NO3S/c11-5-1-2-6-7(10-9(12)13)4-14-8(6)3-5/h1-4,10-11H,(H,12,13). The number of rotatable bonds is 1. The van der Waals surface area contributed by atoms with Crippen molar-refractivity contribution >= 4 is 33.2 Å². The van der Waals surface area contributed by atoms with E-state index in [9.17, 15) is 9.90 Å². The van der Waals surface area contributed by atoms with Gasteiger partial charge in [-0.1, -0.05) is 0 Å². The first kappa shape index (κ1) is 8.83. The van der Waals surface area contributed by atoms with Crippen LogP contribution in [-0.4, -0.2) is 16.3 Å². The molecule has 14 heavy (non-hydrogen) atoms. The molecule has 2 aromatic rings. The minimum Gasteiger partial charge on any atom is -0.508 e. The van der Waals surface area contributed by atoms with Crippen LogP contribution in [0.4, 0.5) is 10.5 Å². The van der Waals surface area contributed by atoms with Crippen LogP contribution in [0.2, 0.25) is 0 Å². The zero-order valence-electron chi connectivity index (χ0n) is 7.02. The van der Waals surface area contributed by atoms with Crippen LogP contribution in [0.5, 0.6) is 5.75 Å². The Balaban J connectivity index is 2.52. The number of carbonyl (C=O) groups is 1. The number of hydrogen-bond acceptors (Lipinski definition) is 3. The smallest absolute Gasteiger partial charge is 0.409 e. The molecule has 1 aromatic heterocycles. The van der Waals surface area contributed by atoms with Gasteiger partial charge in [0.25, 0.3) is 0 Å². The highest BCUT2D eigenvalue weighted by Gasteiger charge is 2.06. The molecule has 3 N–H and O–H groups in total. The van der Waals surface area contributed by atoms with Crippen molar-refractivity contribution in [2.75, 3.05) is 5.32 Å². The molecule has 0 saturated heterocycles. The van der Waals surface area contributed by atoms with Crippen LogP contribution >= 0.6 is 11.3 Å². The summed E-state index contributed by atoms with van der Waals surface area (Å²) in [6, 6.07) is 4.82. The van der Waals surface area contributed by atoms with Crippen molar-refractivity contribution in [3.05, 3.63) is 23.6 Å². The van der Waals surface area contributed by atoms with Crippen molar-refractivity contribution in [3.63, 3.8) is 0 Å². The largest absolute Gasteiger partial charge is 0.508 e. The van der Waals surface area contributed by atoms with E-state index in [4.69, 9.17) is 5.11 Å². The summed E-state index contributed by atoms with van der Waals surface area (Å²) in [6.07, 6.45) is -1.09. The summed E-state index contributed by atoms with van der Waals surface area (Å²) < 4.78 is 0.855. The highest BCUT2D eigenvalue weighted by molar-refractivity contribution is 7.17. The molecule has 2 rings (SSSR count). The van der Waals surface area contributed by atoms with Crippen LogP contribution in [0.1, 0.15) is 0 Å². The number of carboxylic acid groups (broad SMARTS) is 1. The van der Waals surface area contributed by atoms with Gasteiger partial charge in [-0.3, -0.25) is 5.32 Å². The van der Waals surface area contributed by atoms with Gasteiger partial charge in [-0.05, 0) is 18.2 Å². The van der Waals surface area contributed by atoms with E-state index < -0.39 is 6.09 Å². The maximum Gasteiger partial charge on any atom is 0.409 e. The van der Waals surface area contributed by atoms with Crippen LogP contribution < -0.4 is 5.32 Å². The van der Waals surface area contributed by atoms with Gasteiger partial charge in [-0.25, -0.2) is 4.79 Å². The second kappa shape index (κ2) is 3.19. The number of hydrogen-bond donors (Lipinski definition) is 3. The molecule has 72 valence electrons. The average Bonchev–Trinajstić information content (AvgIpc) is 2.47. The molecule has 0 spiro atoms. The molecule has 0 aliphatic carbocycles. The molecule has 1 amide bonds. The Labute approximate surface area is 83.4 Å². The third kappa shape index (κ3) is 1.49. The SMILES string of the molecule is O=C(O)Nc1csc2cc(O)ccc12. The average molecular weight is 209 g/mol. The minimum atomic E-state index is -1.09. The molecule has 0 radical (unpaired) electrons. The summed E-state index contributed by atoms with van der Waals surface area (Å²) in [5.41, 5.74) is 0.553. The van der Waals surface area contributed by atoms with Crippen molar-refractivity contribution in [3.8, 4) is 5.75 Å². The molecule has 0 unspecified atom stereocenters. The Morgan fingerprint density at radius 2 is 2.21 bits per heavy atom. The van der Waals surface area contributed by atoms with E-state index in [2.05, 4.69) is 5.32 Å². The molecular weight excluding hydrogens is 202 g/mol. The van der Waals surface area contributed by atoms with Crippen LogP contribution in [-0.2, 0) is 0 Å². The summed E-state index contributed by atoms with van der Waals surface area (Å²) in [4.78, 5) is 10.4. The van der Waals surface area contributed by atoms with E-state index in [0.29, 0.717) is 5.69 Å². The molecule has 0 saturated carbocycles. The zero-order chi connectivity index (χ0) is 10.1. The Morgan fingerprint density at radius 3 is 2.93 bits per heavy atom. The normalized spacial score (nSPS) is 10.3. The highest BCUT2D eigenvalue weighted by atomic mass is 32.1. The van der Waals surface area contributed by atoms with E-state index in [-0.39, 0.29) is 5.75 Å². The Bertz CT molecular complexity index is 492.